The van der Waals surface area contributed by atoms with Crippen LogP contribution in [0.25, 0.3) is 0 Å². The molecule has 0 spiro atoms. The first-order valence-corrected chi connectivity index (χ1v) is 9.62. The van der Waals surface area contributed by atoms with Crippen molar-refractivity contribution in [1.29, 1.82) is 0 Å². The third-order valence-corrected chi connectivity index (χ3v) is 6.20. The third-order valence-electron chi connectivity index (χ3n) is 4.50. The Morgan fingerprint density at radius 3 is 2.71 bits per heavy atom. The van der Waals surface area contributed by atoms with E-state index in [4.69, 9.17) is 0 Å². The number of hydrogen-bond acceptors (Lipinski definition) is 5. The molecule has 0 fully saturated rings. The van der Waals surface area contributed by atoms with E-state index in [-0.39, 0.29) is 11.1 Å². The molecule has 2 aromatic heterocycles. The standard InChI is InChI=1S/C15H24N6O2S/c1-4-19(5-2)8-14-10-20(9-13-6-7-17-21(13)14)24(22,23)15-11-18(3)12-16-15/h6-7,11-12,14H,4-5,8-10H2,1-3H3. The third kappa shape index (κ3) is 3.11. The minimum atomic E-state index is -3.60. The summed E-state index contributed by atoms with van der Waals surface area (Å²) in [7, 11) is -1.84. The van der Waals surface area contributed by atoms with Crippen LogP contribution in [-0.4, -0.2) is 63.1 Å². The number of imidazole rings is 1. The maximum Gasteiger partial charge on any atom is 0.262 e. The van der Waals surface area contributed by atoms with Crippen LogP contribution in [0.3, 0.4) is 0 Å². The van der Waals surface area contributed by atoms with Crippen molar-refractivity contribution in [1.82, 2.24) is 28.5 Å². The van der Waals surface area contributed by atoms with Crippen LogP contribution in [0.2, 0.25) is 0 Å². The smallest absolute Gasteiger partial charge is 0.262 e. The van der Waals surface area contributed by atoms with Crippen molar-refractivity contribution in [3.63, 3.8) is 0 Å². The topological polar surface area (TPSA) is 76.3 Å². The highest BCUT2D eigenvalue weighted by Gasteiger charge is 2.35. The van der Waals surface area contributed by atoms with Gasteiger partial charge in [0.05, 0.1) is 24.6 Å². The molecular weight excluding hydrogens is 328 g/mol. The van der Waals surface area contributed by atoms with Crippen LogP contribution in [0.4, 0.5) is 0 Å². The van der Waals surface area contributed by atoms with Gasteiger partial charge in [0.2, 0.25) is 0 Å². The normalized spacial score (nSPS) is 18.9. The Kier molecular flexibility index (Phi) is 4.75. The van der Waals surface area contributed by atoms with Gasteiger partial charge in [-0.2, -0.15) is 9.40 Å². The zero-order valence-corrected chi connectivity index (χ0v) is 15.1. The van der Waals surface area contributed by atoms with Crippen molar-refractivity contribution in [2.75, 3.05) is 26.2 Å². The summed E-state index contributed by atoms with van der Waals surface area (Å²) in [6.07, 6.45) is 4.79. The van der Waals surface area contributed by atoms with E-state index in [0.717, 1.165) is 25.3 Å². The number of fused-ring (bicyclic) bond motifs is 1. The van der Waals surface area contributed by atoms with Gasteiger partial charge in [0.1, 0.15) is 0 Å². The molecule has 9 heteroatoms. The molecular formula is C15H24N6O2S. The number of rotatable bonds is 6. The number of aryl methyl sites for hydroxylation is 1. The monoisotopic (exact) mass is 352 g/mol. The van der Waals surface area contributed by atoms with Crippen LogP contribution in [-0.2, 0) is 23.6 Å². The summed E-state index contributed by atoms with van der Waals surface area (Å²) in [5.74, 6) is 0. The quantitative estimate of drug-likeness (QED) is 0.765. The second-order valence-electron chi connectivity index (χ2n) is 6.08. The van der Waals surface area contributed by atoms with Gasteiger partial charge < -0.3 is 9.47 Å². The van der Waals surface area contributed by atoms with E-state index in [0.29, 0.717) is 13.1 Å². The molecule has 8 nitrogen and oxygen atoms in total. The molecule has 0 saturated carbocycles. The number of hydrogen-bond donors (Lipinski definition) is 0. The van der Waals surface area contributed by atoms with E-state index >= 15 is 0 Å². The summed E-state index contributed by atoms with van der Waals surface area (Å²) < 4.78 is 30.9. The van der Waals surface area contributed by atoms with Gasteiger partial charge in [-0.15, -0.1) is 0 Å². The van der Waals surface area contributed by atoms with Gasteiger partial charge in [-0.3, -0.25) is 4.68 Å². The Morgan fingerprint density at radius 2 is 2.08 bits per heavy atom. The fourth-order valence-corrected chi connectivity index (χ4v) is 4.52. The predicted molar refractivity (Wildman–Crippen MR) is 89.9 cm³/mol. The van der Waals surface area contributed by atoms with Crippen molar-refractivity contribution in [3.8, 4) is 0 Å². The number of nitrogens with zero attached hydrogens (tertiary/aromatic N) is 6. The van der Waals surface area contributed by atoms with E-state index in [1.807, 2.05) is 10.7 Å². The van der Waals surface area contributed by atoms with Gasteiger partial charge in [-0.1, -0.05) is 13.8 Å². The minimum absolute atomic E-state index is 0.00198. The second kappa shape index (κ2) is 6.66. The van der Waals surface area contributed by atoms with Crippen molar-refractivity contribution in [3.05, 3.63) is 30.5 Å². The summed E-state index contributed by atoms with van der Waals surface area (Å²) in [6.45, 7) is 7.58. The van der Waals surface area contributed by atoms with Crippen LogP contribution < -0.4 is 0 Å². The first-order valence-electron chi connectivity index (χ1n) is 8.18. The van der Waals surface area contributed by atoms with Crippen LogP contribution in [0, 0.1) is 0 Å². The van der Waals surface area contributed by atoms with Gasteiger partial charge in [0.25, 0.3) is 10.0 Å². The summed E-state index contributed by atoms with van der Waals surface area (Å²) in [4.78, 5) is 6.31. The largest absolute Gasteiger partial charge is 0.339 e. The molecule has 1 atom stereocenters. The molecule has 0 N–H and O–H groups in total. The molecule has 1 unspecified atom stereocenters. The lowest BCUT2D eigenvalue weighted by atomic mass is 10.2. The van der Waals surface area contributed by atoms with Crippen LogP contribution in [0.15, 0.2) is 29.8 Å². The lowest BCUT2D eigenvalue weighted by Crippen LogP contribution is -2.45. The maximum absolute atomic E-state index is 12.9. The number of likely N-dealkylation sites (N-methyl/N-ethyl adjacent to an activating group) is 1. The molecule has 2 aromatic rings. The van der Waals surface area contributed by atoms with E-state index in [9.17, 15) is 8.42 Å². The highest BCUT2D eigenvalue weighted by atomic mass is 32.2. The van der Waals surface area contributed by atoms with Crippen LogP contribution >= 0.6 is 0 Å². The lowest BCUT2D eigenvalue weighted by Gasteiger charge is -2.35. The van der Waals surface area contributed by atoms with Gasteiger partial charge >= 0.3 is 0 Å². The Morgan fingerprint density at radius 1 is 1.33 bits per heavy atom. The van der Waals surface area contributed by atoms with Crippen molar-refractivity contribution in [2.45, 2.75) is 31.5 Å². The van der Waals surface area contributed by atoms with Gasteiger partial charge in [-0.25, -0.2) is 13.4 Å². The molecule has 0 aliphatic carbocycles. The Balaban J connectivity index is 1.89. The molecule has 0 bridgehead atoms. The Bertz CT molecular complexity index is 793. The number of sulfonamides is 1. The van der Waals surface area contributed by atoms with E-state index in [2.05, 4.69) is 28.8 Å². The second-order valence-corrected chi connectivity index (χ2v) is 7.97. The minimum Gasteiger partial charge on any atom is -0.339 e. The fraction of sp³-hybridized carbons (Fsp3) is 0.600. The summed E-state index contributed by atoms with van der Waals surface area (Å²) in [5, 5.41) is 4.50. The van der Waals surface area contributed by atoms with Crippen molar-refractivity contribution < 1.29 is 8.42 Å². The molecule has 132 valence electrons. The molecule has 3 heterocycles. The average Bonchev–Trinajstić information content (AvgIpc) is 3.21. The van der Waals surface area contributed by atoms with Gasteiger partial charge in [-0.05, 0) is 19.2 Å². The first kappa shape index (κ1) is 17.1. The van der Waals surface area contributed by atoms with Crippen molar-refractivity contribution >= 4 is 10.0 Å². The van der Waals surface area contributed by atoms with Gasteiger partial charge in [0, 0.05) is 32.5 Å². The van der Waals surface area contributed by atoms with Crippen LogP contribution in [0.1, 0.15) is 25.6 Å². The Hall–Kier alpha value is -1.71. The average molecular weight is 352 g/mol. The summed E-state index contributed by atoms with van der Waals surface area (Å²) in [6, 6.07) is 1.89. The molecule has 1 aliphatic heterocycles. The summed E-state index contributed by atoms with van der Waals surface area (Å²) in [5.41, 5.74) is 0.915. The van der Waals surface area contributed by atoms with E-state index in [1.165, 1.54) is 10.6 Å². The maximum atomic E-state index is 12.9. The SMILES string of the molecule is CCN(CC)CC1CN(S(=O)(=O)c2cn(C)cn2)Cc2ccnn21. The summed E-state index contributed by atoms with van der Waals surface area (Å²) >= 11 is 0. The van der Waals surface area contributed by atoms with Crippen LogP contribution in [0.5, 0.6) is 0 Å². The highest BCUT2D eigenvalue weighted by Crippen LogP contribution is 2.26. The van der Waals surface area contributed by atoms with Gasteiger partial charge in [0.15, 0.2) is 5.03 Å². The highest BCUT2D eigenvalue weighted by molar-refractivity contribution is 7.89. The fourth-order valence-electron chi connectivity index (χ4n) is 3.11. The Labute approximate surface area is 142 Å². The molecule has 24 heavy (non-hydrogen) atoms. The lowest BCUT2D eigenvalue weighted by molar-refractivity contribution is 0.190. The zero-order chi connectivity index (χ0) is 17.3. The van der Waals surface area contributed by atoms with E-state index < -0.39 is 10.0 Å². The first-order chi connectivity index (χ1) is 11.5. The molecule has 1 aliphatic rings. The molecule has 0 aromatic carbocycles. The predicted octanol–water partition coefficient (Wildman–Crippen LogP) is 0.704. The molecule has 0 amide bonds. The molecule has 0 saturated heterocycles. The number of aromatic nitrogens is 4. The molecule has 0 radical (unpaired) electrons. The molecule has 3 rings (SSSR count). The van der Waals surface area contributed by atoms with E-state index in [1.54, 1.807) is 24.0 Å². The zero-order valence-electron chi connectivity index (χ0n) is 14.3. The van der Waals surface area contributed by atoms with Crippen molar-refractivity contribution in [2.24, 2.45) is 7.05 Å².